The second-order valence-electron chi connectivity index (χ2n) is 10.8. The molecule has 2 amide bonds. The van der Waals surface area contributed by atoms with Crippen LogP contribution >= 0.6 is 34.8 Å². The molecule has 0 atom stereocenters. The van der Waals surface area contributed by atoms with Gasteiger partial charge in [-0.3, -0.25) is 9.59 Å². The van der Waals surface area contributed by atoms with Gasteiger partial charge in [-0.2, -0.15) is 36.5 Å². The van der Waals surface area contributed by atoms with Gasteiger partial charge in [0, 0.05) is 47.8 Å². The molecule has 0 bridgehead atoms. The van der Waals surface area contributed by atoms with Gasteiger partial charge in [0.1, 0.15) is 16.9 Å². The van der Waals surface area contributed by atoms with Gasteiger partial charge in [0.2, 0.25) is 11.8 Å². The van der Waals surface area contributed by atoms with Crippen molar-refractivity contribution in [2.24, 2.45) is 14.1 Å². The number of aromatic nitrogens is 4. The molecule has 2 aromatic heterocycles. The van der Waals surface area contributed by atoms with Crippen LogP contribution in [-0.2, 0) is 39.5 Å². The molecule has 2 aromatic carbocycles. The van der Waals surface area contributed by atoms with Crippen LogP contribution in [0.3, 0.4) is 0 Å². The molecule has 4 aromatic rings. The zero-order chi connectivity index (χ0) is 39.0. The van der Waals surface area contributed by atoms with Crippen LogP contribution in [0.2, 0.25) is 15.1 Å². The minimum Gasteiger partial charge on any atom is -0.477 e. The number of rotatable bonds is 12. The summed E-state index contributed by atoms with van der Waals surface area (Å²) in [6.45, 7) is 3.38. The van der Waals surface area contributed by atoms with Gasteiger partial charge in [0.05, 0.1) is 13.2 Å². The number of aryl methyl sites for hydroxylation is 2. The summed E-state index contributed by atoms with van der Waals surface area (Å²) in [6.07, 6.45) is -8.56. The monoisotopic (exact) mass is 802 g/mol. The second-order valence-corrected chi connectivity index (χ2v) is 12.1. The fourth-order valence-corrected chi connectivity index (χ4v) is 5.01. The van der Waals surface area contributed by atoms with Crippen LogP contribution in [0.4, 0.5) is 30.7 Å². The Hall–Kier alpha value is -4.22. The lowest BCUT2D eigenvalue weighted by Gasteiger charge is -2.11. The van der Waals surface area contributed by atoms with E-state index in [1.54, 1.807) is 19.9 Å². The van der Waals surface area contributed by atoms with Crippen molar-refractivity contribution in [1.82, 2.24) is 30.2 Å². The van der Waals surface area contributed by atoms with E-state index >= 15 is 0 Å². The van der Waals surface area contributed by atoms with Crippen LogP contribution in [0.5, 0.6) is 11.8 Å². The number of amides is 2. The lowest BCUT2D eigenvalue weighted by Crippen LogP contribution is -2.26. The average Bonchev–Trinajstić information content (AvgIpc) is 3.59. The Morgan fingerprint density at radius 1 is 0.712 bits per heavy atom. The van der Waals surface area contributed by atoms with E-state index in [1.165, 1.54) is 38.4 Å². The number of nitrogens with one attached hydrogen (secondary N) is 2. The molecular formula is C32H32Cl3F7N6O4. The van der Waals surface area contributed by atoms with Crippen molar-refractivity contribution in [2.45, 2.75) is 52.1 Å². The SMILES string of the molecule is CCCOc1c(C(=O)NCc2cc(Cl)ccc2Cl)c(C(F)(F)F)nn1C.CCCOc1c(C(=O)NCc2cc(Cl)ccc2F)c(C(F)(F)F)nn1C. The first-order valence-corrected chi connectivity index (χ1v) is 16.4. The fraction of sp³-hybridized carbons (Fsp3) is 0.375. The van der Waals surface area contributed by atoms with Crippen LogP contribution in [0, 0.1) is 5.82 Å². The summed E-state index contributed by atoms with van der Waals surface area (Å²) >= 11 is 17.6. The molecule has 2 N–H and O–H groups in total. The van der Waals surface area contributed by atoms with Gasteiger partial charge in [0.15, 0.2) is 11.4 Å². The number of carbonyl (C=O) groups is 2. The highest BCUT2D eigenvalue weighted by Crippen LogP contribution is 2.37. The first kappa shape index (κ1) is 42.2. The van der Waals surface area contributed by atoms with E-state index in [0.717, 1.165) is 15.4 Å². The van der Waals surface area contributed by atoms with Crippen LogP contribution in [0.1, 0.15) is 69.9 Å². The highest BCUT2D eigenvalue weighted by Gasteiger charge is 2.43. The maximum absolute atomic E-state index is 13.7. The van der Waals surface area contributed by atoms with Gasteiger partial charge in [-0.1, -0.05) is 48.7 Å². The van der Waals surface area contributed by atoms with E-state index in [1.807, 2.05) is 0 Å². The maximum Gasteiger partial charge on any atom is 0.436 e. The van der Waals surface area contributed by atoms with Gasteiger partial charge >= 0.3 is 12.4 Å². The molecule has 4 rings (SSSR count). The predicted molar refractivity (Wildman–Crippen MR) is 178 cm³/mol. The van der Waals surface area contributed by atoms with E-state index in [2.05, 4.69) is 20.8 Å². The van der Waals surface area contributed by atoms with E-state index in [0.29, 0.717) is 28.5 Å². The van der Waals surface area contributed by atoms with E-state index < -0.39 is 52.5 Å². The minimum atomic E-state index is -4.85. The number of carbonyl (C=O) groups excluding carboxylic acids is 2. The quantitative estimate of drug-likeness (QED) is 0.139. The summed E-state index contributed by atoms with van der Waals surface area (Å²) in [5, 5.41) is 12.4. The van der Waals surface area contributed by atoms with Gasteiger partial charge in [0.25, 0.3) is 11.8 Å². The number of ether oxygens (including phenoxy) is 2. The summed E-state index contributed by atoms with van der Waals surface area (Å²) in [7, 11) is 2.53. The molecule has 284 valence electrons. The van der Waals surface area contributed by atoms with E-state index in [-0.39, 0.29) is 48.6 Å². The first-order valence-electron chi connectivity index (χ1n) is 15.3. The van der Waals surface area contributed by atoms with Crippen molar-refractivity contribution >= 4 is 46.6 Å². The van der Waals surface area contributed by atoms with E-state index in [9.17, 15) is 40.3 Å². The molecule has 0 spiro atoms. The Morgan fingerprint density at radius 2 is 1.12 bits per heavy atom. The highest BCUT2D eigenvalue weighted by atomic mass is 35.5. The Bertz CT molecular complexity index is 1750. The lowest BCUT2D eigenvalue weighted by atomic mass is 10.2. The molecule has 2 heterocycles. The van der Waals surface area contributed by atoms with Crippen molar-refractivity contribution in [3.05, 3.63) is 90.9 Å². The Labute approximate surface area is 308 Å². The van der Waals surface area contributed by atoms with E-state index in [4.69, 9.17) is 44.3 Å². The standard InChI is InChI=1S/C16H16Cl2F3N3O2.C16H16ClF4N3O2/c2*1-3-6-26-15-12(13(16(19,20)21)23-24(15)2)14(25)22-8-9-7-10(17)4-5-11(9)18/h2*4-5,7H,3,6,8H2,1-2H3,(H,22,25). The fourth-order valence-electron chi connectivity index (χ4n) is 4.44. The normalized spacial score (nSPS) is 11.5. The summed E-state index contributed by atoms with van der Waals surface area (Å²) in [5.74, 6) is -3.22. The third kappa shape index (κ3) is 10.9. The number of hydrogen-bond acceptors (Lipinski definition) is 6. The highest BCUT2D eigenvalue weighted by molar-refractivity contribution is 6.33. The van der Waals surface area contributed by atoms with Crippen molar-refractivity contribution in [3.63, 3.8) is 0 Å². The summed E-state index contributed by atoms with van der Waals surface area (Å²) < 4.78 is 105. The minimum absolute atomic E-state index is 0.0410. The molecule has 52 heavy (non-hydrogen) atoms. The molecule has 20 heteroatoms. The summed E-state index contributed by atoms with van der Waals surface area (Å²) in [4.78, 5) is 24.8. The summed E-state index contributed by atoms with van der Waals surface area (Å²) in [6, 6.07) is 8.32. The third-order valence-electron chi connectivity index (χ3n) is 6.76. The lowest BCUT2D eigenvalue weighted by molar-refractivity contribution is -0.142. The molecule has 0 aliphatic rings. The van der Waals surface area contributed by atoms with Crippen LogP contribution in [0.15, 0.2) is 36.4 Å². The number of halogens is 10. The Balaban J connectivity index is 0.000000280. The van der Waals surface area contributed by atoms with Crippen LogP contribution < -0.4 is 20.1 Å². The van der Waals surface area contributed by atoms with Gasteiger partial charge < -0.3 is 20.1 Å². The molecule has 0 radical (unpaired) electrons. The number of alkyl halides is 6. The molecule has 10 nitrogen and oxygen atoms in total. The zero-order valence-corrected chi connectivity index (χ0v) is 30.2. The number of nitrogens with zero attached hydrogens (tertiary/aromatic N) is 4. The average molecular weight is 804 g/mol. The smallest absolute Gasteiger partial charge is 0.436 e. The van der Waals surface area contributed by atoms with Crippen molar-refractivity contribution in [3.8, 4) is 11.8 Å². The van der Waals surface area contributed by atoms with Crippen LogP contribution in [-0.4, -0.2) is 44.6 Å². The number of benzene rings is 2. The molecular weight excluding hydrogens is 772 g/mol. The van der Waals surface area contributed by atoms with Gasteiger partial charge in [-0.25, -0.2) is 13.8 Å². The predicted octanol–water partition coefficient (Wildman–Crippen LogP) is 8.41. The van der Waals surface area contributed by atoms with Crippen molar-refractivity contribution < 1.29 is 49.8 Å². The molecule has 0 saturated carbocycles. The molecule has 0 unspecified atom stereocenters. The number of hydrogen-bond donors (Lipinski definition) is 2. The molecule has 0 saturated heterocycles. The largest absolute Gasteiger partial charge is 0.477 e. The summed E-state index contributed by atoms with van der Waals surface area (Å²) in [5.41, 5.74) is -3.56. The molecule has 0 aliphatic carbocycles. The maximum atomic E-state index is 13.7. The van der Waals surface area contributed by atoms with Crippen LogP contribution in [0.25, 0.3) is 0 Å². The Kier molecular flexibility index (Phi) is 14.6. The molecule has 0 aliphatic heterocycles. The first-order chi connectivity index (χ1) is 24.3. The Morgan fingerprint density at radius 3 is 1.54 bits per heavy atom. The zero-order valence-electron chi connectivity index (χ0n) is 27.9. The van der Waals surface area contributed by atoms with Gasteiger partial charge in [-0.15, -0.1) is 0 Å². The third-order valence-corrected chi connectivity index (χ3v) is 7.60. The van der Waals surface area contributed by atoms with Gasteiger partial charge in [-0.05, 0) is 54.8 Å². The van der Waals surface area contributed by atoms with Crippen molar-refractivity contribution in [2.75, 3.05) is 13.2 Å². The topological polar surface area (TPSA) is 112 Å². The van der Waals surface area contributed by atoms with Crippen molar-refractivity contribution in [1.29, 1.82) is 0 Å². The molecule has 0 fully saturated rings. The second kappa shape index (κ2) is 18.0.